The number of halogens is 2. The molecule has 1 aromatic carbocycles. The van der Waals surface area contributed by atoms with Gasteiger partial charge in [-0.25, -0.2) is 0 Å². The molecule has 1 heterocycles. The van der Waals surface area contributed by atoms with Crippen molar-refractivity contribution in [3.63, 3.8) is 0 Å². The Morgan fingerprint density at radius 1 is 1.56 bits per heavy atom. The Bertz CT molecular complexity index is 442. The molecule has 2 N–H and O–H groups in total. The van der Waals surface area contributed by atoms with E-state index in [1.165, 1.54) is 6.07 Å². The number of likely N-dealkylation sites (tertiary alicyclic amines) is 1. The quantitative estimate of drug-likeness (QED) is 0.684. The monoisotopic (exact) mass is 291 g/mol. The summed E-state index contributed by atoms with van der Waals surface area (Å²) in [5, 5.41) is 10.8. The molecule has 18 heavy (non-hydrogen) atoms. The smallest absolute Gasteiger partial charge is 0.287 e. The highest BCUT2D eigenvalue weighted by Gasteiger charge is 2.20. The van der Waals surface area contributed by atoms with Crippen molar-refractivity contribution in [3.8, 4) is 0 Å². The Morgan fingerprint density at radius 3 is 2.78 bits per heavy atom. The fraction of sp³-hybridized carbons (Fsp3) is 0.455. The summed E-state index contributed by atoms with van der Waals surface area (Å²) >= 11 is 5.85. The van der Waals surface area contributed by atoms with Crippen molar-refractivity contribution in [2.45, 2.75) is 19.0 Å². The summed E-state index contributed by atoms with van der Waals surface area (Å²) < 4.78 is 0. The Hall–Kier alpha value is -0.880. The molecule has 7 heteroatoms. The third kappa shape index (κ3) is 3.55. The molecule has 0 saturated carbocycles. The summed E-state index contributed by atoms with van der Waals surface area (Å²) in [6, 6.07) is 5.09. The highest BCUT2D eigenvalue weighted by molar-refractivity contribution is 6.32. The molecule has 1 fully saturated rings. The minimum absolute atomic E-state index is 0. The molecule has 0 aliphatic carbocycles. The molecule has 0 amide bonds. The number of nitrogens with two attached hydrogens (primary N) is 1. The van der Waals surface area contributed by atoms with Crippen LogP contribution in [0.4, 0.5) is 5.69 Å². The topological polar surface area (TPSA) is 72.4 Å². The van der Waals surface area contributed by atoms with Crippen molar-refractivity contribution in [1.82, 2.24) is 4.90 Å². The largest absolute Gasteiger partial charge is 0.326 e. The first-order valence-corrected chi connectivity index (χ1v) is 5.85. The van der Waals surface area contributed by atoms with Gasteiger partial charge in [0.15, 0.2) is 0 Å². The van der Waals surface area contributed by atoms with Gasteiger partial charge in [-0.05, 0) is 18.1 Å². The van der Waals surface area contributed by atoms with E-state index in [2.05, 4.69) is 4.90 Å². The van der Waals surface area contributed by atoms with E-state index in [9.17, 15) is 10.1 Å². The number of hydrogen-bond donors (Lipinski definition) is 1. The van der Waals surface area contributed by atoms with Gasteiger partial charge in [0.2, 0.25) is 0 Å². The first-order chi connectivity index (χ1) is 8.06. The van der Waals surface area contributed by atoms with E-state index in [1.54, 1.807) is 12.1 Å². The van der Waals surface area contributed by atoms with Crippen LogP contribution >= 0.6 is 24.0 Å². The molecule has 0 radical (unpaired) electrons. The third-order valence-corrected chi connectivity index (χ3v) is 3.23. The zero-order valence-electron chi connectivity index (χ0n) is 9.71. The van der Waals surface area contributed by atoms with E-state index in [0.29, 0.717) is 0 Å². The summed E-state index contributed by atoms with van der Waals surface area (Å²) in [5.74, 6) is 0. The van der Waals surface area contributed by atoms with Gasteiger partial charge in [-0.2, -0.15) is 0 Å². The molecule has 0 bridgehead atoms. The van der Waals surface area contributed by atoms with Gasteiger partial charge in [0, 0.05) is 31.7 Å². The zero-order chi connectivity index (χ0) is 12.4. The molecule has 0 aromatic heterocycles. The highest BCUT2D eigenvalue weighted by atomic mass is 35.5. The van der Waals surface area contributed by atoms with E-state index < -0.39 is 4.92 Å². The van der Waals surface area contributed by atoms with E-state index in [-0.39, 0.29) is 29.2 Å². The molecule has 0 spiro atoms. The van der Waals surface area contributed by atoms with Crippen molar-refractivity contribution in [1.29, 1.82) is 0 Å². The van der Waals surface area contributed by atoms with Crippen LogP contribution in [-0.2, 0) is 6.54 Å². The second kappa shape index (κ2) is 6.33. The number of nitro benzene ring substituents is 1. The number of nitrogens with zero attached hydrogens (tertiary/aromatic N) is 2. The van der Waals surface area contributed by atoms with Crippen LogP contribution in [0.3, 0.4) is 0 Å². The van der Waals surface area contributed by atoms with Gasteiger partial charge in [0.1, 0.15) is 5.02 Å². The molecular weight excluding hydrogens is 277 g/mol. The standard InChI is InChI=1S/C11H14ClN3O2.ClH/c12-10-5-8(1-2-11(10)15(16)17)6-14-4-3-9(13)7-14;/h1-2,5,9H,3-4,6-7,13H2;1H. The van der Waals surface area contributed by atoms with Gasteiger partial charge in [0.25, 0.3) is 5.69 Å². The maximum atomic E-state index is 10.6. The number of rotatable bonds is 3. The van der Waals surface area contributed by atoms with Gasteiger partial charge in [-0.3, -0.25) is 15.0 Å². The fourth-order valence-corrected chi connectivity index (χ4v) is 2.33. The summed E-state index contributed by atoms with van der Waals surface area (Å²) in [7, 11) is 0. The maximum absolute atomic E-state index is 10.6. The lowest BCUT2D eigenvalue weighted by Gasteiger charge is -2.15. The van der Waals surface area contributed by atoms with Crippen molar-refractivity contribution in [3.05, 3.63) is 38.9 Å². The van der Waals surface area contributed by atoms with Crippen molar-refractivity contribution in [2.24, 2.45) is 5.73 Å². The minimum atomic E-state index is -0.474. The van der Waals surface area contributed by atoms with Gasteiger partial charge in [-0.1, -0.05) is 17.7 Å². The van der Waals surface area contributed by atoms with Crippen molar-refractivity contribution >= 4 is 29.7 Å². The Labute approximate surface area is 116 Å². The molecule has 1 aliphatic rings. The van der Waals surface area contributed by atoms with Gasteiger partial charge in [-0.15, -0.1) is 12.4 Å². The molecule has 1 saturated heterocycles. The first kappa shape index (κ1) is 15.2. The predicted octanol–water partition coefficient (Wildman–Crippen LogP) is 2.20. The van der Waals surface area contributed by atoms with Crippen LogP contribution < -0.4 is 5.73 Å². The fourth-order valence-electron chi connectivity index (χ4n) is 2.06. The molecule has 1 unspecified atom stereocenters. The lowest BCUT2D eigenvalue weighted by atomic mass is 10.2. The lowest BCUT2D eigenvalue weighted by molar-refractivity contribution is -0.384. The highest BCUT2D eigenvalue weighted by Crippen LogP contribution is 2.26. The SMILES string of the molecule is Cl.NC1CCN(Cc2ccc([N+](=O)[O-])c(Cl)c2)C1. The Kier molecular flexibility index (Phi) is 5.34. The number of hydrogen-bond acceptors (Lipinski definition) is 4. The molecular formula is C11H15Cl2N3O2. The summed E-state index contributed by atoms with van der Waals surface area (Å²) in [5.41, 5.74) is 6.75. The number of benzene rings is 1. The van der Waals surface area contributed by atoms with Crippen molar-refractivity contribution < 1.29 is 4.92 Å². The molecule has 2 rings (SSSR count). The van der Waals surface area contributed by atoms with E-state index in [0.717, 1.165) is 31.6 Å². The zero-order valence-corrected chi connectivity index (χ0v) is 11.3. The second-order valence-electron chi connectivity index (χ2n) is 4.33. The molecule has 1 aromatic rings. The van der Waals surface area contributed by atoms with E-state index in [1.807, 2.05) is 0 Å². The van der Waals surface area contributed by atoms with Crippen LogP contribution in [0, 0.1) is 10.1 Å². The Morgan fingerprint density at radius 2 is 2.28 bits per heavy atom. The number of nitro groups is 1. The molecule has 1 atom stereocenters. The van der Waals surface area contributed by atoms with Gasteiger partial charge in [0.05, 0.1) is 4.92 Å². The van der Waals surface area contributed by atoms with Gasteiger partial charge >= 0.3 is 0 Å². The summed E-state index contributed by atoms with van der Waals surface area (Å²) in [6.07, 6.45) is 1.00. The van der Waals surface area contributed by atoms with E-state index >= 15 is 0 Å². The van der Waals surface area contributed by atoms with Crippen LogP contribution in [0.5, 0.6) is 0 Å². The normalized spacial score (nSPS) is 19.6. The van der Waals surface area contributed by atoms with Crippen LogP contribution in [-0.4, -0.2) is 29.0 Å². The second-order valence-corrected chi connectivity index (χ2v) is 4.73. The first-order valence-electron chi connectivity index (χ1n) is 5.47. The predicted molar refractivity (Wildman–Crippen MR) is 73.2 cm³/mol. The lowest BCUT2D eigenvalue weighted by Crippen LogP contribution is -2.26. The minimum Gasteiger partial charge on any atom is -0.326 e. The average Bonchev–Trinajstić information content (AvgIpc) is 2.63. The van der Waals surface area contributed by atoms with Crippen molar-refractivity contribution in [2.75, 3.05) is 13.1 Å². The van der Waals surface area contributed by atoms with Gasteiger partial charge < -0.3 is 5.73 Å². The molecule has 100 valence electrons. The summed E-state index contributed by atoms with van der Waals surface area (Å²) in [6.45, 7) is 2.58. The average molecular weight is 292 g/mol. The Balaban J connectivity index is 0.00000162. The van der Waals surface area contributed by atoms with E-state index in [4.69, 9.17) is 17.3 Å². The third-order valence-electron chi connectivity index (χ3n) is 2.92. The molecule has 5 nitrogen and oxygen atoms in total. The van der Waals surface area contributed by atoms with Crippen LogP contribution in [0.2, 0.25) is 5.02 Å². The van der Waals surface area contributed by atoms with Crippen LogP contribution in [0.1, 0.15) is 12.0 Å². The maximum Gasteiger partial charge on any atom is 0.287 e. The molecule has 1 aliphatic heterocycles. The van der Waals surface area contributed by atoms with Crippen LogP contribution in [0.15, 0.2) is 18.2 Å². The van der Waals surface area contributed by atoms with Crippen LogP contribution in [0.25, 0.3) is 0 Å². The summed E-state index contributed by atoms with van der Waals surface area (Å²) in [4.78, 5) is 12.4.